The summed E-state index contributed by atoms with van der Waals surface area (Å²) < 4.78 is 0. The Hall–Kier alpha value is -1.13. The Morgan fingerprint density at radius 2 is 2.04 bits per heavy atom. The first-order valence-electron chi connectivity index (χ1n) is 10.0. The highest BCUT2D eigenvalue weighted by Crippen LogP contribution is 2.36. The fraction of sp³-hybridized carbons (Fsp3) is 0.762. The predicted octanol–water partition coefficient (Wildman–Crippen LogP) is 5.33. The van der Waals surface area contributed by atoms with E-state index >= 15 is 0 Å². The second-order valence-corrected chi connectivity index (χ2v) is 7.50. The van der Waals surface area contributed by atoms with Gasteiger partial charge in [0.05, 0.1) is 0 Å². The van der Waals surface area contributed by atoms with E-state index in [1.54, 1.807) is 0 Å². The van der Waals surface area contributed by atoms with Crippen LogP contribution in [0.1, 0.15) is 78.1 Å². The van der Waals surface area contributed by atoms with Gasteiger partial charge in [0.2, 0.25) is 0 Å². The van der Waals surface area contributed by atoms with E-state index in [0.29, 0.717) is 24.2 Å². The maximum Gasteiger partial charge on any atom is 0.303 e. The molecule has 4 atom stereocenters. The summed E-state index contributed by atoms with van der Waals surface area (Å²) in [4.78, 5) is 10.5. The van der Waals surface area contributed by atoms with Gasteiger partial charge in [-0.2, -0.15) is 0 Å². The molecule has 4 heteroatoms. The van der Waals surface area contributed by atoms with E-state index < -0.39 is 5.97 Å². The van der Waals surface area contributed by atoms with E-state index in [4.69, 9.17) is 5.11 Å². The summed E-state index contributed by atoms with van der Waals surface area (Å²) in [6, 6.07) is 0.157. The monoisotopic (exact) mass is 351 g/mol. The summed E-state index contributed by atoms with van der Waals surface area (Å²) in [5, 5.41) is 18.1. The molecule has 0 amide bonds. The van der Waals surface area contributed by atoms with Crippen LogP contribution in [0.4, 0.5) is 0 Å². The van der Waals surface area contributed by atoms with Gasteiger partial charge >= 0.3 is 5.97 Å². The van der Waals surface area contributed by atoms with Crippen molar-refractivity contribution in [3.63, 3.8) is 0 Å². The topological polar surface area (TPSA) is 69.6 Å². The first-order valence-corrected chi connectivity index (χ1v) is 10.0. The van der Waals surface area contributed by atoms with Gasteiger partial charge < -0.3 is 10.3 Å². The molecule has 0 aliphatic heterocycles. The van der Waals surface area contributed by atoms with Crippen LogP contribution in [-0.4, -0.2) is 22.3 Å². The number of carboxylic acid groups (broad SMARTS) is 1. The van der Waals surface area contributed by atoms with Crippen molar-refractivity contribution in [2.75, 3.05) is 0 Å². The minimum absolute atomic E-state index is 0.157. The van der Waals surface area contributed by atoms with Crippen LogP contribution in [-0.2, 0) is 4.79 Å². The van der Waals surface area contributed by atoms with E-state index in [9.17, 15) is 10.0 Å². The average molecular weight is 352 g/mol. The molecule has 0 saturated heterocycles. The Balaban J connectivity index is 2.43. The van der Waals surface area contributed by atoms with Crippen LogP contribution < -0.4 is 5.48 Å². The third kappa shape index (κ3) is 9.22. The summed E-state index contributed by atoms with van der Waals surface area (Å²) in [5.74, 6) is 0.805. The highest BCUT2D eigenvalue weighted by atomic mass is 16.5. The second kappa shape index (κ2) is 13.1. The molecule has 2 unspecified atom stereocenters. The minimum atomic E-state index is -0.723. The van der Waals surface area contributed by atoms with Crippen molar-refractivity contribution >= 4 is 5.97 Å². The first-order chi connectivity index (χ1) is 12.1. The lowest BCUT2D eigenvalue weighted by molar-refractivity contribution is -0.137. The largest absolute Gasteiger partial charge is 0.481 e. The normalized spacial score (nSPS) is 25.2. The molecule has 0 heterocycles. The molecule has 1 aliphatic rings. The Morgan fingerprint density at radius 1 is 1.24 bits per heavy atom. The summed E-state index contributed by atoms with van der Waals surface area (Å²) >= 11 is 0. The van der Waals surface area contributed by atoms with Gasteiger partial charge in [0.15, 0.2) is 0 Å². The zero-order valence-corrected chi connectivity index (χ0v) is 16.0. The Kier molecular flexibility index (Phi) is 11.5. The number of hydroxylamine groups is 1. The van der Waals surface area contributed by atoms with E-state index in [2.05, 4.69) is 43.6 Å². The van der Waals surface area contributed by atoms with Crippen molar-refractivity contribution in [3.8, 4) is 0 Å². The first kappa shape index (κ1) is 21.9. The number of hydrogen-bond acceptors (Lipinski definition) is 3. The van der Waals surface area contributed by atoms with Crippen LogP contribution in [0.3, 0.4) is 0 Å². The van der Waals surface area contributed by atoms with E-state index in [1.165, 1.54) is 25.7 Å². The van der Waals surface area contributed by atoms with Crippen LogP contribution >= 0.6 is 0 Å². The molecule has 0 radical (unpaired) electrons. The highest BCUT2D eigenvalue weighted by Gasteiger charge is 2.33. The molecule has 0 spiro atoms. The Bertz CT molecular complexity index is 419. The summed E-state index contributed by atoms with van der Waals surface area (Å²) in [6.45, 7) is 4.51. The average Bonchev–Trinajstić information content (AvgIpc) is 2.98. The number of carboxylic acids is 1. The SMILES string of the molecule is CCCCC[C@@H](C)/C=C/C1C(NO)CC[C@@H]1C/C=C\CCCC(=O)O. The molecule has 4 nitrogen and oxygen atoms in total. The summed E-state index contributed by atoms with van der Waals surface area (Å²) in [7, 11) is 0. The zero-order valence-electron chi connectivity index (χ0n) is 16.0. The quantitative estimate of drug-likeness (QED) is 0.238. The Morgan fingerprint density at radius 3 is 2.72 bits per heavy atom. The molecule has 1 saturated carbocycles. The van der Waals surface area contributed by atoms with Crippen LogP contribution in [0.2, 0.25) is 0 Å². The number of unbranched alkanes of at least 4 members (excludes halogenated alkanes) is 3. The second-order valence-electron chi connectivity index (χ2n) is 7.50. The third-order valence-electron chi connectivity index (χ3n) is 5.32. The smallest absolute Gasteiger partial charge is 0.303 e. The Labute approximate surface area is 153 Å². The lowest BCUT2D eigenvalue weighted by Gasteiger charge is -2.20. The molecule has 25 heavy (non-hydrogen) atoms. The lowest BCUT2D eigenvalue weighted by atomic mass is 9.89. The van der Waals surface area contributed by atoms with Gasteiger partial charge in [0.25, 0.3) is 0 Å². The van der Waals surface area contributed by atoms with Crippen molar-refractivity contribution in [1.82, 2.24) is 5.48 Å². The van der Waals surface area contributed by atoms with Gasteiger partial charge in [0, 0.05) is 12.5 Å². The van der Waals surface area contributed by atoms with Crippen molar-refractivity contribution in [2.24, 2.45) is 17.8 Å². The maximum absolute atomic E-state index is 10.5. The number of nitrogens with one attached hydrogen (secondary N) is 1. The molecule has 1 aliphatic carbocycles. The van der Waals surface area contributed by atoms with E-state index in [0.717, 1.165) is 25.7 Å². The van der Waals surface area contributed by atoms with Gasteiger partial charge in [-0.25, -0.2) is 5.48 Å². The summed E-state index contributed by atoms with van der Waals surface area (Å²) in [6.07, 6.45) is 19.0. The molecule has 144 valence electrons. The molecular formula is C21H37NO3. The summed E-state index contributed by atoms with van der Waals surface area (Å²) in [5.41, 5.74) is 2.50. The standard InChI is InChI=1S/C21H37NO3/c1-3-4-7-10-17(2)13-15-19-18(14-16-20(19)22-25)11-8-5-6-9-12-21(23)24/h5,8,13,15,17-20,22,25H,3-4,6-7,9-12,14,16H2,1-2H3,(H,23,24)/b8-5-,15-13+/t17-,18+,19?,20?/m1/s1. The van der Waals surface area contributed by atoms with Crippen molar-refractivity contribution < 1.29 is 15.1 Å². The number of rotatable bonds is 13. The van der Waals surface area contributed by atoms with Crippen LogP contribution in [0, 0.1) is 17.8 Å². The molecule has 3 N–H and O–H groups in total. The zero-order chi connectivity index (χ0) is 18.5. The molecular weight excluding hydrogens is 314 g/mol. The number of hydrogen-bond donors (Lipinski definition) is 3. The van der Waals surface area contributed by atoms with Crippen molar-refractivity contribution in [3.05, 3.63) is 24.3 Å². The predicted molar refractivity (Wildman–Crippen MR) is 103 cm³/mol. The van der Waals surface area contributed by atoms with Gasteiger partial charge in [-0.1, -0.05) is 57.4 Å². The van der Waals surface area contributed by atoms with Crippen LogP contribution in [0.25, 0.3) is 0 Å². The molecule has 1 rings (SSSR count). The van der Waals surface area contributed by atoms with E-state index in [1.807, 2.05) is 0 Å². The molecule has 0 aromatic carbocycles. The van der Waals surface area contributed by atoms with Gasteiger partial charge in [-0.05, 0) is 56.3 Å². The molecule has 0 aromatic heterocycles. The van der Waals surface area contributed by atoms with Crippen LogP contribution in [0.5, 0.6) is 0 Å². The fourth-order valence-electron chi connectivity index (χ4n) is 3.71. The van der Waals surface area contributed by atoms with E-state index in [-0.39, 0.29) is 12.5 Å². The number of aliphatic carboxylic acids is 1. The highest BCUT2D eigenvalue weighted by molar-refractivity contribution is 5.66. The maximum atomic E-state index is 10.5. The molecule has 1 fully saturated rings. The number of carbonyl (C=O) groups is 1. The van der Waals surface area contributed by atoms with Crippen molar-refractivity contribution in [2.45, 2.75) is 84.1 Å². The minimum Gasteiger partial charge on any atom is -0.481 e. The molecule has 0 bridgehead atoms. The van der Waals surface area contributed by atoms with Crippen molar-refractivity contribution in [1.29, 1.82) is 0 Å². The lowest BCUT2D eigenvalue weighted by Crippen LogP contribution is -2.30. The molecule has 0 aromatic rings. The van der Waals surface area contributed by atoms with Gasteiger partial charge in [-0.3, -0.25) is 4.79 Å². The third-order valence-corrected chi connectivity index (χ3v) is 5.32. The number of allylic oxidation sites excluding steroid dienone is 3. The fourth-order valence-corrected chi connectivity index (χ4v) is 3.71. The van der Waals surface area contributed by atoms with Gasteiger partial charge in [-0.15, -0.1) is 0 Å². The van der Waals surface area contributed by atoms with Crippen LogP contribution in [0.15, 0.2) is 24.3 Å². The van der Waals surface area contributed by atoms with Gasteiger partial charge in [0.1, 0.15) is 0 Å².